The maximum absolute atomic E-state index is 5.97. The van der Waals surface area contributed by atoms with Gasteiger partial charge in [0.25, 0.3) is 0 Å². The van der Waals surface area contributed by atoms with Gasteiger partial charge in [-0.2, -0.15) is 0 Å². The lowest BCUT2D eigenvalue weighted by Crippen LogP contribution is -2.36. The molecule has 0 amide bonds. The van der Waals surface area contributed by atoms with Crippen molar-refractivity contribution in [2.24, 2.45) is 4.99 Å². The molecule has 0 heterocycles. The molecule has 0 aliphatic carbocycles. The number of hydrogen-bond acceptors (Lipinski definition) is 4. The molecule has 2 aromatic rings. The molecule has 0 aromatic heterocycles. The van der Waals surface area contributed by atoms with E-state index in [1.807, 2.05) is 14.1 Å². The second-order valence-corrected chi connectivity index (χ2v) is 7.15. The Morgan fingerprint density at radius 3 is 2.55 bits per heavy atom. The molecule has 0 unspecified atom stereocenters. The first-order valence-corrected chi connectivity index (χ1v) is 9.95. The molecular formula is C23H34N4O2. The Hall–Kier alpha value is -2.73. The average molecular weight is 399 g/mol. The van der Waals surface area contributed by atoms with Crippen LogP contribution in [0.25, 0.3) is 0 Å². The van der Waals surface area contributed by atoms with Crippen LogP contribution in [0.1, 0.15) is 23.1 Å². The zero-order chi connectivity index (χ0) is 21.1. The fraction of sp³-hybridized carbons (Fsp3) is 0.435. The van der Waals surface area contributed by atoms with Gasteiger partial charge in [0.15, 0.2) is 5.96 Å². The highest BCUT2D eigenvalue weighted by molar-refractivity contribution is 5.79. The number of methoxy groups -OCH3 is 1. The van der Waals surface area contributed by atoms with Crippen LogP contribution >= 0.6 is 0 Å². The lowest BCUT2D eigenvalue weighted by molar-refractivity contribution is 0.171. The number of aliphatic imine (C=N–C) groups is 1. The topological polar surface area (TPSA) is 58.1 Å². The summed E-state index contributed by atoms with van der Waals surface area (Å²) < 4.78 is 11.1. The lowest BCUT2D eigenvalue weighted by atomic mass is 10.1. The minimum Gasteiger partial charge on any atom is -0.493 e. The third-order valence-electron chi connectivity index (χ3n) is 4.53. The van der Waals surface area contributed by atoms with Gasteiger partial charge in [-0.25, -0.2) is 0 Å². The molecule has 0 aliphatic rings. The van der Waals surface area contributed by atoms with Gasteiger partial charge >= 0.3 is 0 Å². The van der Waals surface area contributed by atoms with Gasteiger partial charge in [0.2, 0.25) is 0 Å². The summed E-state index contributed by atoms with van der Waals surface area (Å²) in [4.78, 5) is 6.44. The van der Waals surface area contributed by atoms with E-state index in [1.54, 1.807) is 14.2 Å². The third kappa shape index (κ3) is 7.66. The molecule has 29 heavy (non-hydrogen) atoms. The third-order valence-corrected chi connectivity index (χ3v) is 4.53. The second-order valence-electron chi connectivity index (χ2n) is 7.15. The number of hydrogen-bond donors (Lipinski definition) is 2. The van der Waals surface area contributed by atoms with Crippen LogP contribution in [0.3, 0.4) is 0 Å². The number of nitrogens with zero attached hydrogens (tertiary/aromatic N) is 2. The van der Waals surface area contributed by atoms with Gasteiger partial charge in [0.1, 0.15) is 5.75 Å². The van der Waals surface area contributed by atoms with Crippen molar-refractivity contribution in [3.63, 3.8) is 0 Å². The number of ether oxygens (including phenoxy) is 2. The maximum atomic E-state index is 5.97. The molecule has 0 radical (unpaired) electrons. The number of nitrogens with one attached hydrogen (secondary N) is 2. The van der Waals surface area contributed by atoms with Crippen molar-refractivity contribution < 1.29 is 9.47 Å². The quantitative estimate of drug-likeness (QED) is 0.365. The van der Waals surface area contributed by atoms with Gasteiger partial charge in [-0.1, -0.05) is 24.3 Å². The number of aryl methyl sites for hydroxylation is 1. The number of anilines is 1. The van der Waals surface area contributed by atoms with Crippen molar-refractivity contribution in [3.8, 4) is 5.75 Å². The van der Waals surface area contributed by atoms with Crippen LogP contribution in [0.2, 0.25) is 0 Å². The van der Waals surface area contributed by atoms with Crippen LogP contribution < -0.4 is 20.3 Å². The minimum atomic E-state index is 0.636. The average Bonchev–Trinajstić information content (AvgIpc) is 2.72. The van der Waals surface area contributed by atoms with Crippen LogP contribution in [-0.4, -0.2) is 47.4 Å². The van der Waals surface area contributed by atoms with E-state index < -0.39 is 0 Å². The molecule has 0 bridgehead atoms. The molecule has 6 heteroatoms. The largest absolute Gasteiger partial charge is 0.493 e. The zero-order valence-electron chi connectivity index (χ0n) is 18.3. The smallest absolute Gasteiger partial charge is 0.191 e. The van der Waals surface area contributed by atoms with Gasteiger partial charge in [0, 0.05) is 65.6 Å². The standard InChI is InChI=1S/C23H34N4O2/c1-18-10-11-20(22(14-18)29-13-7-12-28-5)17-26-23(24-2)25-16-19-8-6-9-21(15-19)27(3)4/h6,8-11,14-15H,7,12-13,16-17H2,1-5H3,(H2,24,25,26). The van der Waals surface area contributed by atoms with E-state index in [0.29, 0.717) is 26.3 Å². The van der Waals surface area contributed by atoms with E-state index in [-0.39, 0.29) is 0 Å². The second kappa shape index (κ2) is 12.0. The zero-order valence-corrected chi connectivity index (χ0v) is 18.3. The highest BCUT2D eigenvalue weighted by Gasteiger charge is 2.07. The monoisotopic (exact) mass is 398 g/mol. The van der Waals surface area contributed by atoms with Gasteiger partial charge in [-0.05, 0) is 36.2 Å². The van der Waals surface area contributed by atoms with Crippen LogP contribution in [0.15, 0.2) is 47.5 Å². The molecule has 2 N–H and O–H groups in total. The maximum Gasteiger partial charge on any atom is 0.191 e. The summed E-state index contributed by atoms with van der Waals surface area (Å²) in [6.07, 6.45) is 0.868. The number of guanidine groups is 1. The lowest BCUT2D eigenvalue weighted by Gasteiger charge is -2.16. The predicted molar refractivity (Wildman–Crippen MR) is 121 cm³/mol. The molecule has 2 rings (SSSR count). The summed E-state index contributed by atoms with van der Waals surface area (Å²) in [5.74, 6) is 1.66. The van der Waals surface area contributed by atoms with E-state index in [1.165, 1.54) is 16.8 Å². The first-order chi connectivity index (χ1) is 14.0. The highest BCUT2D eigenvalue weighted by atomic mass is 16.5. The summed E-state index contributed by atoms with van der Waals surface area (Å²) in [7, 11) is 7.58. The van der Waals surface area contributed by atoms with Gasteiger partial charge in [-0.3, -0.25) is 4.99 Å². The number of rotatable bonds is 10. The van der Waals surface area contributed by atoms with E-state index >= 15 is 0 Å². The fourth-order valence-electron chi connectivity index (χ4n) is 2.86. The van der Waals surface area contributed by atoms with E-state index in [4.69, 9.17) is 9.47 Å². The van der Waals surface area contributed by atoms with Crippen molar-refractivity contribution in [3.05, 3.63) is 59.2 Å². The Morgan fingerprint density at radius 1 is 1.03 bits per heavy atom. The van der Waals surface area contributed by atoms with Gasteiger partial charge < -0.3 is 25.0 Å². The summed E-state index contributed by atoms with van der Waals surface area (Å²) in [5, 5.41) is 6.75. The van der Waals surface area contributed by atoms with E-state index in [2.05, 4.69) is 69.9 Å². The minimum absolute atomic E-state index is 0.636. The van der Waals surface area contributed by atoms with Crippen LogP contribution in [0.4, 0.5) is 5.69 Å². The predicted octanol–water partition coefficient (Wildman–Crippen LogP) is 3.34. The van der Waals surface area contributed by atoms with Crippen LogP contribution in [0.5, 0.6) is 5.75 Å². The highest BCUT2D eigenvalue weighted by Crippen LogP contribution is 2.20. The molecule has 0 saturated heterocycles. The Labute approximate surface area is 174 Å². The van der Waals surface area contributed by atoms with Crippen LogP contribution in [0, 0.1) is 6.92 Å². The van der Waals surface area contributed by atoms with Crippen molar-refractivity contribution in [2.75, 3.05) is 46.4 Å². The van der Waals surface area contributed by atoms with E-state index in [9.17, 15) is 0 Å². The number of benzene rings is 2. The molecule has 0 spiro atoms. The summed E-state index contributed by atoms with van der Waals surface area (Å²) in [6.45, 7) is 4.75. The Morgan fingerprint density at radius 2 is 1.83 bits per heavy atom. The van der Waals surface area contributed by atoms with Crippen molar-refractivity contribution >= 4 is 11.6 Å². The summed E-state index contributed by atoms with van der Waals surface area (Å²) in [6, 6.07) is 14.7. The molecule has 0 atom stereocenters. The molecule has 0 fully saturated rings. The Balaban J connectivity index is 1.92. The Kier molecular flexibility index (Phi) is 9.31. The summed E-state index contributed by atoms with van der Waals surface area (Å²) in [5.41, 5.74) is 4.67. The van der Waals surface area contributed by atoms with E-state index in [0.717, 1.165) is 23.7 Å². The Bertz CT molecular complexity index is 790. The van der Waals surface area contributed by atoms with Crippen molar-refractivity contribution in [1.29, 1.82) is 0 Å². The molecule has 0 aliphatic heterocycles. The normalized spacial score (nSPS) is 11.3. The molecule has 2 aromatic carbocycles. The fourth-order valence-corrected chi connectivity index (χ4v) is 2.86. The van der Waals surface area contributed by atoms with Crippen LogP contribution in [-0.2, 0) is 17.8 Å². The van der Waals surface area contributed by atoms with Gasteiger partial charge in [0.05, 0.1) is 6.61 Å². The van der Waals surface area contributed by atoms with Crippen molar-refractivity contribution in [1.82, 2.24) is 10.6 Å². The molecule has 0 saturated carbocycles. The SMILES string of the molecule is CN=C(NCc1cccc(N(C)C)c1)NCc1ccc(C)cc1OCCCOC. The van der Waals surface area contributed by atoms with Gasteiger partial charge in [-0.15, -0.1) is 0 Å². The first-order valence-electron chi connectivity index (χ1n) is 9.95. The first kappa shape index (κ1) is 22.6. The van der Waals surface area contributed by atoms with Crippen molar-refractivity contribution in [2.45, 2.75) is 26.4 Å². The molecular weight excluding hydrogens is 364 g/mol. The molecule has 6 nitrogen and oxygen atoms in total. The molecule has 158 valence electrons. The summed E-state index contributed by atoms with van der Waals surface area (Å²) >= 11 is 0.